The summed E-state index contributed by atoms with van der Waals surface area (Å²) in [5, 5.41) is 11.4. The van der Waals surface area contributed by atoms with Gasteiger partial charge in [-0.25, -0.2) is 9.59 Å². The molecule has 0 bridgehead atoms. The van der Waals surface area contributed by atoms with E-state index in [1.807, 2.05) is 65.8 Å². The topological polar surface area (TPSA) is 179 Å². The van der Waals surface area contributed by atoms with Crippen LogP contribution in [0.15, 0.2) is 72.8 Å². The lowest BCUT2D eigenvalue weighted by Gasteiger charge is -2.35. The van der Waals surface area contributed by atoms with Gasteiger partial charge in [-0.3, -0.25) is 19.2 Å². The average molecular weight is 922 g/mol. The van der Waals surface area contributed by atoms with Gasteiger partial charge >= 0.3 is 12.2 Å². The van der Waals surface area contributed by atoms with Crippen molar-refractivity contribution in [2.45, 2.75) is 143 Å². The van der Waals surface area contributed by atoms with Gasteiger partial charge in [-0.2, -0.15) is 0 Å². The van der Waals surface area contributed by atoms with Crippen molar-refractivity contribution in [2.24, 2.45) is 10.8 Å². The Labute approximate surface area is 396 Å². The van der Waals surface area contributed by atoms with Gasteiger partial charge in [0.25, 0.3) is 0 Å². The van der Waals surface area contributed by atoms with Gasteiger partial charge in [0.15, 0.2) is 0 Å². The zero-order valence-corrected chi connectivity index (χ0v) is 41.2. The van der Waals surface area contributed by atoms with Crippen LogP contribution in [0.25, 0.3) is 0 Å². The van der Waals surface area contributed by atoms with Crippen molar-refractivity contribution in [3.63, 3.8) is 0 Å². The molecule has 3 saturated heterocycles. The summed E-state index contributed by atoms with van der Waals surface area (Å²) in [6.45, 7) is 18.6. The third-order valence-corrected chi connectivity index (χ3v) is 13.3. The fourth-order valence-corrected chi connectivity index (χ4v) is 9.58. The Morgan fingerprint density at radius 2 is 0.910 bits per heavy atom. The largest absolute Gasteiger partial charge is 0.453 e. The van der Waals surface area contributed by atoms with E-state index in [1.165, 1.54) is 19.8 Å². The molecule has 6 atom stereocenters. The first-order valence-corrected chi connectivity index (χ1v) is 23.5. The molecule has 3 aromatic rings. The SMILES string of the molecule is COC(=O)N[C@H](C(=O)N1CCC[C@H]1C(=O)Nc1ccc([C@@H]2CC[C@@H](c3ccc(NC(=O)[C@@H]4CCCN4C(=O)[C@@H](NC(=O)OC)C(C)(C)C)cc3)N2c2ccc(C(C)(C)C)cc2)cc1)C(C)(C)C. The Bertz CT molecular complexity index is 2130. The number of nitrogens with one attached hydrogen (secondary N) is 4. The van der Waals surface area contributed by atoms with E-state index in [0.29, 0.717) is 50.1 Å². The molecule has 0 radical (unpaired) electrons. The maximum absolute atomic E-state index is 13.8. The molecule has 0 unspecified atom stereocenters. The monoisotopic (exact) mass is 922 g/mol. The highest BCUT2D eigenvalue weighted by molar-refractivity contribution is 6.00. The van der Waals surface area contributed by atoms with Crippen LogP contribution >= 0.6 is 0 Å². The molecule has 15 nitrogen and oxygen atoms in total. The third kappa shape index (κ3) is 11.7. The zero-order chi connectivity index (χ0) is 49.0. The highest BCUT2D eigenvalue weighted by Gasteiger charge is 2.44. The summed E-state index contributed by atoms with van der Waals surface area (Å²) in [7, 11) is 2.51. The van der Waals surface area contributed by atoms with E-state index in [0.717, 1.165) is 29.7 Å². The Hall–Kier alpha value is -6.12. The van der Waals surface area contributed by atoms with E-state index in [-0.39, 0.29) is 41.1 Å². The summed E-state index contributed by atoms with van der Waals surface area (Å²) < 4.78 is 9.58. The van der Waals surface area contributed by atoms with Crippen molar-refractivity contribution < 1.29 is 38.2 Å². The van der Waals surface area contributed by atoms with Gasteiger partial charge in [-0.15, -0.1) is 0 Å². The molecule has 3 fully saturated rings. The second-order valence-electron chi connectivity index (χ2n) is 21.3. The van der Waals surface area contributed by atoms with Gasteiger partial charge in [0, 0.05) is 30.2 Å². The highest BCUT2D eigenvalue weighted by atomic mass is 16.5. The van der Waals surface area contributed by atoms with Gasteiger partial charge in [0.2, 0.25) is 23.6 Å². The highest BCUT2D eigenvalue weighted by Crippen LogP contribution is 2.47. The zero-order valence-electron chi connectivity index (χ0n) is 41.2. The quantitative estimate of drug-likeness (QED) is 0.147. The summed E-state index contributed by atoms with van der Waals surface area (Å²) in [5.41, 5.74) is 4.51. The number of benzene rings is 3. The number of hydrogen-bond donors (Lipinski definition) is 4. The maximum Gasteiger partial charge on any atom is 0.407 e. The molecule has 0 saturated carbocycles. The van der Waals surface area contributed by atoms with E-state index >= 15 is 0 Å². The first-order valence-electron chi connectivity index (χ1n) is 23.5. The summed E-state index contributed by atoms with van der Waals surface area (Å²) in [6.07, 6.45) is 2.71. The van der Waals surface area contributed by atoms with Crippen molar-refractivity contribution in [1.82, 2.24) is 20.4 Å². The minimum Gasteiger partial charge on any atom is -0.453 e. The number of amides is 6. The first-order chi connectivity index (χ1) is 31.5. The lowest BCUT2D eigenvalue weighted by molar-refractivity contribution is -0.140. The lowest BCUT2D eigenvalue weighted by Crippen LogP contribution is -2.57. The van der Waals surface area contributed by atoms with Crippen LogP contribution in [0.4, 0.5) is 26.7 Å². The molecule has 3 aromatic carbocycles. The molecule has 67 heavy (non-hydrogen) atoms. The molecule has 6 amide bonds. The van der Waals surface area contributed by atoms with Crippen molar-refractivity contribution in [3.05, 3.63) is 89.5 Å². The maximum atomic E-state index is 13.8. The molecule has 4 N–H and O–H groups in total. The number of ether oxygens (including phenoxy) is 2. The molecule has 362 valence electrons. The normalized spacial score (nSPS) is 20.7. The predicted molar refractivity (Wildman–Crippen MR) is 260 cm³/mol. The summed E-state index contributed by atoms with van der Waals surface area (Å²) in [6, 6.07) is 21.6. The fraction of sp³-hybridized carbons (Fsp3) is 0.538. The Morgan fingerprint density at radius 3 is 1.24 bits per heavy atom. The number of hydrogen-bond acceptors (Lipinski definition) is 9. The van der Waals surface area contributed by atoms with Gasteiger partial charge in [-0.05, 0) is 108 Å². The van der Waals surface area contributed by atoms with Crippen LogP contribution in [0, 0.1) is 10.8 Å². The molecule has 0 aromatic heterocycles. The molecular formula is C52H71N7O8. The number of carbonyl (C=O) groups is 6. The van der Waals surface area contributed by atoms with Crippen LogP contribution in [0.2, 0.25) is 0 Å². The van der Waals surface area contributed by atoms with E-state index in [4.69, 9.17) is 9.47 Å². The van der Waals surface area contributed by atoms with Crippen LogP contribution in [-0.2, 0) is 34.1 Å². The number of rotatable bonds is 11. The van der Waals surface area contributed by atoms with Crippen molar-refractivity contribution in [3.8, 4) is 0 Å². The first kappa shape index (κ1) is 50.3. The lowest BCUT2D eigenvalue weighted by atomic mass is 9.85. The van der Waals surface area contributed by atoms with E-state index < -0.39 is 47.2 Å². The second-order valence-corrected chi connectivity index (χ2v) is 21.3. The van der Waals surface area contributed by atoms with Gasteiger partial charge in [0.05, 0.1) is 26.3 Å². The van der Waals surface area contributed by atoms with Crippen LogP contribution in [0.5, 0.6) is 0 Å². The van der Waals surface area contributed by atoms with E-state index in [2.05, 4.69) is 95.5 Å². The van der Waals surface area contributed by atoms with E-state index in [9.17, 15) is 28.8 Å². The molecule has 15 heteroatoms. The molecule has 3 aliphatic rings. The number of anilines is 3. The minimum atomic E-state index is -0.868. The van der Waals surface area contributed by atoms with Gasteiger partial charge < -0.3 is 45.4 Å². The van der Waals surface area contributed by atoms with Crippen molar-refractivity contribution >= 4 is 52.9 Å². The molecule has 0 aliphatic carbocycles. The minimum absolute atomic E-state index is 0.0169. The number of carbonyl (C=O) groups excluding carboxylic acids is 6. The predicted octanol–water partition coefficient (Wildman–Crippen LogP) is 8.47. The average Bonchev–Trinajstić information content (AvgIpc) is 4.07. The smallest absolute Gasteiger partial charge is 0.407 e. The summed E-state index contributed by atoms with van der Waals surface area (Å²) >= 11 is 0. The van der Waals surface area contributed by atoms with Crippen LogP contribution in [0.1, 0.15) is 130 Å². The second kappa shape index (κ2) is 20.4. The Balaban J connectivity index is 1.18. The molecule has 3 heterocycles. The van der Waals surface area contributed by atoms with E-state index in [1.54, 1.807) is 9.80 Å². The summed E-state index contributed by atoms with van der Waals surface area (Å²) in [4.78, 5) is 85.0. The molecule has 3 aliphatic heterocycles. The van der Waals surface area contributed by atoms with Crippen molar-refractivity contribution in [1.29, 1.82) is 0 Å². The molecule has 6 rings (SSSR count). The third-order valence-electron chi connectivity index (χ3n) is 13.3. The van der Waals surface area contributed by atoms with Crippen molar-refractivity contribution in [2.75, 3.05) is 42.8 Å². The van der Waals surface area contributed by atoms with Crippen LogP contribution < -0.4 is 26.2 Å². The molecular weight excluding hydrogens is 851 g/mol. The van der Waals surface area contributed by atoms with Crippen LogP contribution in [0.3, 0.4) is 0 Å². The van der Waals surface area contributed by atoms with Crippen LogP contribution in [-0.4, -0.2) is 97.1 Å². The summed E-state index contributed by atoms with van der Waals surface area (Å²) in [5.74, 6) is -1.19. The Morgan fingerprint density at radius 1 is 0.537 bits per heavy atom. The van der Waals surface area contributed by atoms with Gasteiger partial charge in [-0.1, -0.05) is 98.7 Å². The number of alkyl carbamates (subject to hydrolysis) is 2. The number of likely N-dealkylation sites (tertiary alicyclic amines) is 2. The Kier molecular flexibility index (Phi) is 15.3. The fourth-order valence-electron chi connectivity index (χ4n) is 9.58. The van der Waals surface area contributed by atoms with Gasteiger partial charge in [0.1, 0.15) is 24.2 Å². The number of methoxy groups -OCH3 is 2. The number of nitrogens with zero attached hydrogens (tertiary/aromatic N) is 3. The molecule has 0 spiro atoms. The standard InChI is InChI=1S/C52H71N7O8/c1-50(2,3)34-20-26-37(27-21-34)59-38(32-16-22-35(23-17-32)53-44(60)40-14-12-30-57(40)46(62)42(51(4,5)6)55-48(64)66-10)28-29-39(59)33-18-24-36(25-19-33)54-45(61)41-15-13-31-58(41)47(63)43(52(7,8)9)56-49(65)67-11/h16-27,38-43H,12-15,28-31H2,1-11H3,(H,53,60)(H,54,61)(H,55,64)(H,56,65)/t38-,39-,40-,41-,42+,43+/m0/s1.